The Morgan fingerprint density at radius 1 is 1.00 bits per heavy atom. The number of fused-ring (bicyclic) bond motifs is 3. The van der Waals surface area contributed by atoms with Gasteiger partial charge in [-0.25, -0.2) is 0 Å². The number of nitrogens with one attached hydrogen (secondary N) is 1. The third-order valence-corrected chi connectivity index (χ3v) is 4.18. The largest absolute Gasteiger partial charge is 0.354 e. The molecule has 108 valence electrons. The highest BCUT2D eigenvalue weighted by molar-refractivity contribution is 6.04. The molecule has 0 radical (unpaired) electrons. The fourth-order valence-corrected chi connectivity index (χ4v) is 3.04. The van der Waals surface area contributed by atoms with E-state index in [1.165, 1.54) is 0 Å². The van der Waals surface area contributed by atoms with E-state index in [1.807, 2.05) is 42.5 Å². The highest BCUT2D eigenvalue weighted by Crippen LogP contribution is 2.25. The van der Waals surface area contributed by atoms with Gasteiger partial charge >= 0.3 is 0 Å². The zero-order valence-electron chi connectivity index (χ0n) is 12.3. The van der Waals surface area contributed by atoms with E-state index in [9.17, 15) is 4.79 Å². The summed E-state index contributed by atoms with van der Waals surface area (Å²) in [6.07, 6.45) is 2.07. The summed E-state index contributed by atoms with van der Waals surface area (Å²) in [6.45, 7) is 3.03. The molecule has 0 unspecified atom stereocenters. The van der Waals surface area contributed by atoms with E-state index in [2.05, 4.69) is 28.7 Å². The van der Waals surface area contributed by atoms with Gasteiger partial charge in [0.05, 0.1) is 11.0 Å². The third-order valence-electron chi connectivity index (χ3n) is 4.18. The average molecular weight is 288 g/mol. The summed E-state index contributed by atoms with van der Waals surface area (Å²) in [7, 11) is 0. The summed E-state index contributed by atoms with van der Waals surface area (Å²) >= 11 is 0. The minimum Gasteiger partial charge on any atom is -0.354 e. The number of rotatable bonds is 2. The van der Waals surface area contributed by atoms with Crippen molar-refractivity contribution >= 4 is 21.8 Å². The zero-order chi connectivity index (χ0) is 15.1. The van der Waals surface area contributed by atoms with Crippen LogP contribution >= 0.6 is 0 Å². The topological polar surface area (TPSA) is 37.8 Å². The lowest BCUT2D eigenvalue weighted by Crippen LogP contribution is -2.03. The predicted molar refractivity (Wildman–Crippen MR) is 91.2 cm³/mol. The minimum absolute atomic E-state index is 0.0544. The molecule has 3 heteroatoms. The van der Waals surface area contributed by atoms with Crippen molar-refractivity contribution in [3.63, 3.8) is 0 Å². The molecule has 2 heterocycles. The summed E-state index contributed by atoms with van der Waals surface area (Å²) in [4.78, 5) is 15.9. The van der Waals surface area contributed by atoms with E-state index in [-0.39, 0.29) is 5.43 Å². The number of aromatic nitrogens is 2. The van der Waals surface area contributed by atoms with Gasteiger partial charge in [0.25, 0.3) is 0 Å². The molecule has 0 aliphatic heterocycles. The Bertz CT molecular complexity index is 1030. The maximum absolute atomic E-state index is 12.5. The molecule has 0 fully saturated rings. The van der Waals surface area contributed by atoms with Crippen LogP contribution in [0.25, 0.3) is 33.1 Å². The third kappa shape index (κ3) is 1.86. The Hall–Kier alpha value is -2.81. The molecule has 0 aliphatic rings. The van der Waals surface area contributed by atoms with Crippen molar-refractivity contribution in [3.8, 4) is 11.3 Å². The van der Waals surface area contributed by atoms with Crippen molar-refractivity contribution < 1.29 is 0 Å². The molecule has 4 aromatic rings. The van der Waals surface area contributed by atoms with Gasteiger partial charge in [-0.1, -0.05) is 30.3 Å². The van der Waals surface area contributed by atoms with Gasteiger partial charge in [-0.05, 0) is 30.7 Å². The molecule has 0 amide bonds. The molecule has 2 aromatic carbocycles. The number of aromatic amines is 1. The lowest BCUT2D eigenvalue weighted by Gasteiger charge is -2.07. The number of benzene rings is 2. The van der Waals surface area contributed by atoms with E-state index in [1.54, 1.807) is 6.07 Å². The molecule has 0 saturated carbocycles. The standard InChI is InChI=1S/C19H16N2O/c1-2-21-11-10-14-17(21)9-8-15-18(22)12-16(20-19(14)15)13-6-4-3-5-7-13/h3-12H,2H2,1H3,(H,20,22). The molecule has 1 N–H and O–H groups in total. The van der Waals surface area contributed by atoms with Gasteiger partial charge in [0.2, 0.25) is 0 Å². The molecular formula is C19H16N2O. The molecule has 0 saturated heterocycles. The Morgan fingerprint density at radius 3 is 2.59 bits per heavy atom. The van der Waals surface area contributed by atoms with Crippen molar-refractivity contribution in [2.24, 2.45) is 0 Å². The lowest BCUT2D eigenvalue weighted by atomic mass is 10.1. The van der Waals surface area contributed by atoms with Crippen LogP contribution in [-0.4, -0.2) is 9.55 Å². The van der Waals surface area contributed by atoms with Crippen LogP contribution in [-0.2, 0) is 6.54 Å². The van der Waals surface area contributed by atoms with Crippen molar-refractivity contribution in [3.05, 3.63) is 71.0 Å². The molecule has 3 nitrogen and oxygen atoms in total. The average Bonchev–Trinajstić information content (AvgIpc) is 2.99. The van der Waals surface area contributed by atoms with E-state index in [0.29, 0.717) is 0 Å². The van der Waals surface area contributed by atoms with Crippen LogP contribution in [0.15, 0.2) is 65.6 Å². The highest BCUT2D eigenvalue weighted by atomic mass is 16.1. The van der Waals surface area contributed by atoms with Crippen LogP contribution in [0.3, 0.4) is 0 Å². The van der Waals surface area contributed by atoms with Crippen LogP contribution in [0.4, 0.5) is 0 Å². The second-order valence-electron chi connectivity index (χ2n) is 5.44. The van der Waals surface area contributed by atoms with Gasteiger partial charge in [0.1, 0.15) is 0 Å². The first-order chi connectivity index (χ1) is 10.8. The van der Waals surface area contributed by atoms with Crippen LogP contribution < -0.4 is 5.43 Å². The molecule has 0 atom stereocenters. The molecule has 0 aliphatic carbocycles. The van der Waals surface area contributed by atoms with Crippen molar-refractivity contribution in [2.45, 2.75) is 13.5 Å². The Kier molecular flexibility index (Phi) is 2.86. The zero-order valence-corrected chi connectivity index (χ0v) is 12.3. The van der Waals surface area contributed by atoms with Gasteiger partial charge in [-0.15, -0.1) is 0 Å². The second kappa shape index (κ2) is 4.88. The van der Waals surface area contributed by atoms with Crippen molar-refractivity contribution in [1.82, 2.24) is 9.55 Å². The quantitative estimate of drug-likeness (QED) is 0.590. The number of hydrogen-bond donors (Lipinski definition) is 1. The number of nitrogens with zero attached hydrogens (tertiary/aromatic N) is 1. The second-order valence-corrected chi connectivity index (χ2v) is 5.44. The fourth-order valence-electron chi connectivity index (χ4n) is 3.04. The Balaban J connectivity index is 2.09. The summed E-state index contributed by atoms with van der Waals surface area (Å²) in [5, 5.41) is 1.83. The first kappa shape index (κ1) is 12.9. The van der Waals surface area contributed by atoms with Crippen molar-refractivity contribution in [1.29, 1.82) is 0 Å². The van der Waals surface area contributed by atoms with Gasteiger partial charge < -0.3 is 9.55 Å². The number of pyridine rings is 1. The summed E-state index contributed by atoms with van der Waals surface area (Å²) in [5.74, 6) is 0. The van der Waals surface area contributed by atoms with Gasteiger partial charge in [0, 0.05) is 35.3 Å². The Labute approximate surface area is 127 Å². The SMILES string of the molecule is CCn1ccc2c3[nH]c(-c4ccccc4)cc(=O)c3ccc21. The maximum Gasteiger partial charge on any atom is 0.190 e. The van der Waals surface area contributed by atoms with Crippen LogP contribution in [0.5, 0.6) is 0 Å². The first-order valence-electron chi connectivity index (χ1n) is 7.48. The first-order valence-corrected chi connectivity index (χ1v) is 7.48. The highest BCUT2D eigenvalue weighted by Gasteiger charge is 2.09. The summed E-state index contributed by atoms with van der Waals surface area (Å²) < 4.78 is 2.18. The fraction of sp³-hybridized carbons (Fsp3) is 0.105. The van der Waals surface area contributed by atoms with E-state index >= 15 is 0 Å². The van der Waals surface area contributed by atoms with Crippen LogP contribution in [0.1, 0.15) is 6.92 Å². The lowest BCUT2D eigenvalue weighted by molar-refractivity contribution is 0.798. The predicted octanol–water partition coefficient (Wildman–Crippen LogP) is 4.17. The summed E-state index contributed by atoms with van der Waals surface area (Å²) in [5.41, 5.74) is 3.99. The maximum atomic E-state index is 12.5. The summed E-state index contributed by atoms with van der Waals surface area (Å²) in [6, 6.07) is 17.6. The van der Waals surface area contributed by atoms with Crippen LogP contribution in [0.2, 0.25) is 0 Å². The van der Waals surface area contributed by atoms with Gasteiger partial charge in [-0.2, -0.15) is 0 Å². The Morgan fingerprint density at radius 2 is 1.82 bits per heavy atom. The number of hydrogen-bond acceptors (Lipinski definition) is 1. The normalized spacial score (nSPS) is 11.3. The minimum atomic E-state index is 0.0544. The van der Waals surface area contributed by atoms with Gasteiger partial charge in [0.15, 0.2) is 5.43 Å². The molecule has 0 bridgehead atoms. The van der Waals surface area contributed by atoms with E-state index in [4.69, 9.17) is 0 Å². The van der Waals surface area contributed by atoms with E-state index < -0.39 is 0 Å². The molecule has 4 rings (SSSR count). The molecular weight excluding hydrogens is 272 g/mol. The number of H-pyrrole nitrogens is 1. The molecule has 2 aromatic heterocycles. The molecule has 22 heavy (non-hydrogen) atoms. The number of aryl methyl sites for hydroxylation is 1. The van der Waals surface area contributed by atoms with Crippen LogP contribution in [0, 0.1) is 0 Å². The smallest absolute Gasteiger partial charge is 0.190 e. The van der Waals surface area contributed by atoms with Gasteiger partial charge in [-0.3, -0.25) is 4.79 Å². The van der Waals surface area contributed by atoms with Crippen molar-refractivity contribution in [2.75, 3.05) is 0 Å². The monoisotopic (exact) mass is 288 g/mol. The molecule has 0 spiro atoms. The van der Waals surface area contributed by atoms with E-state index in [0.717, 1.165) is 39.6 Å².